The number of unbranched alkanes of at least 4 members (excludes halogenated alkanes) is 1. The summed E-state index contributed by atoms with van der Waals surface area (Å²) in [5.74, 6) is 0.472. The number of pyridine rings is 1. The maximum Gasteiger partial charge on any atom is 0.389 e. The van der Waals surface area contributed by atoms with Crippen molar-refractivity contribution in [1.29, 1.82) is 0 Å². The molecule has 3 aromatic rings. The Bertz CT molecular complexity index is 1090. The van der Waals surface area contributed by atoms with Gasteiger partial charge in [-0.1, -0.05) is 37.1 Å². The lowest BCUT2D eigenvalue weighted by Gasteiger charge is -2.27. The lowest BCUT2D eigenvalue weighted by atomic mass is 9.80. The largest absolute Gasteiger partial charge is 0.389 e. The molecule has 1 aromatic heterocycles. The number of rotatable bonds is 7. The van der Waals surface area contributed by atoms with Gasteiger partial charge < -0.3 is 5.32 Å². The number of alkyl halides is 3. The number of halogens is 3. The molecule has 0 saturated carbocycles. The Morgan fingerprint density at radius 2 is 1.88 bits per heavy atom. The maximum atomic E-state index is 12.4. The smallest absolute Gasteiger partial charge is 0.355 e. The molecule has 1 unspecified atom stereocenters. The van der Waals surface area contributed by atoms with Gasteiger partial charge in [0.2, 0.25) is 0 Å². The van der Waals surface area contributed by atoms with Gasteiger partial charge in [-0.05, 0) is 92.0 Å². The van der Waals surface area contributed by atoms with E-state index in [1.807, 2.05) is 13.1 Å². The van der Waals surface area contributed by atoms with Crippen LogP contribution in [0.5, 0.6) is 0 Å². The second kappa shape index (κ2) is 9.98. The minimum absolute atomic E-state index is 0.236. The first-order valence-electron chi connectivity index (χ1n) is 11.8. The van der Waals surface area contributed by atoms with E-state index in [0.717, 1.165) is 53.9 Å². The average Bonchev–Trinajstić information content (AvgIpc) is 2.78. The molecule has 174 valence electrons. The number of hydrogen-bond acceptors (Lipinski definition) is 2. The zero-order valence-electron chi connectivity index (χ0n) is 19.3. The molecule has 0 bridgehead atoms. The third-order valence-corrected chi connectivity index (χ3v) is 6.61. The van der Waals surface area contributed by atoms with Crippen LogP contribution >= 0.6 is 0 Å². The van der Waals surface area contributed by atoms with Gasteiger partial charge in [0.15, 0.2) is 0 Å². The van der Waals surface area contributed by atoms with Crippen LogP contribution in [0, 0.1) is 19.8 Å². The third kappa shape index (κ3) is 6.16. The summed E-state index contributed by atoms with van der Waals surface area (Å²) in [4.78, 5) is 4.59. The van der Waals surface area contributed by atoms with Crippen LogP contribution in [0.15, 0.2) is 54.7 Å². The molecule has 1 atom stereocenters. The molecule has 2 nitrogen and oxygen atoms in total. The van der Waals surface area contributed by atoms with Crippen molar-refractivity contribution < 1.29 is 13.2 Å². The summed E-state index contributed by atoms with van der Waals surface area (Å²) in [5.41, 5.74) is 9.20. The zero-order chi connectivity index (χ0) is 23.4. The Hall–Kier alpha value is -2.82. The second-order valence-electron chi connectivity index (χ2n) is 9.29. The lowest BCUT2D eigenvalue weighted by molar-refractivity contribution is -0.135. The maximum absolute atomic E-state index is 12.4. The van der Waals surface area contributed by atoms with E-state index in [1.165, 1.54) is 16.7 Å². The van der Waals surface area contributed by atoms with Crippen LogP contribution in [0.25, 0.3) is 11.3 Å². The monoisotopic (exact) mass is 452 g/mol. The van der Waals surface area contributed by atoms with Gasteiger partial charge in [-0.25, -0.2) is 0 Å². The fourth-order valence-corrected chi connectivity index (χ4v) is 4.76. The number of aryl methyl sites for hydroxylation is 2. The van der Waals surface area contributed by atoms with Crippen LogP contribution in [0.1, 0.15) is 54.4 Å². The van der Waals surface area contributed by atoms with E-state index in [2.05, 4.69) is 65.8 Å². The van der Waals surface area contributed by atoms with Crippen molar-refractivity contribution in [3.63, 3.8) is 0 Å². The summed E-state index contributed by atoms with van der Waals surface area (Å²) in [6.07, 6.45) is 1.89. The van der Waals surface area contributed by atoms with E-state index in [-0.39, 0.29) is 6.42 Å². The van der Waals surface area contributed by atoms with E-state index >= 15 is 0 Å². The molecule has 0 saturated heterocycles. The molecule has 2 aromatic carbocycles. The summed E-state index contributed by atoms with van der Waals surface area (Å²) in [5, 5.41) is 3.61. The van der Waals surface area contributed by atoms with Gasteiger partial charge in [0.1, 0.15) is 0 Å². The first kappa shape index (κ1) is 23.3. The normalized spacial score (nSPS) is 15.8. The van der Waals surface area contributed by atoms with Crippen molar-refractivity contribution in [2.45, 2.75) is 65.0 Å². The van der Waals surface area contributed by atoms with E-state index in [1.54, 1.807) is 0 Å². The summed E-state index contributed by atoms with van der Waals surface area (Å²) in [6.45, 7) is 4.13. The van der Waals surface area contributed by atoms with Crippen molar-refractivity contribution >= 4 is 11.4 Å². The molecule has 5 heteroatoms. The Labute approximate surface area is 194 Å². The number of aromatic nitrogens is 1. The molecular weight excluding hydrogens is 421 g/mol. The van der Waals surface area contributed by atoms with Gasteiger partial charge >= 0.3 is 6.18 Å². The van der Waals surface area contributed by atoms with Crippen LogP contribution in [-0.4, -0.2) is 11.2 Å². The van der Waals surface area contributed by atoms with Crippen LogP contribution in [0.2, 0.25) is 0 Å². The van der Waals surface area contributed by atoms with Crippen molar-refractivity contribution in [2.24, 2.45) is 5.92 Å². The number of fused-ring (bicyclic) bond motifs is 1. The van der Waals surface area contributed by atoms with Gasteiger partial charge in [-0.3, -0.25) is 4.98 Å². The summed E-state index contributed by atoms with van der Waals surface area (Å²) >= 11 is 0. The highest BCUT2D eigenvalue weighted by Crippen LogP contribution is 2.35. The van der Waals surface area contributed by atoms with Crippen molar-refractivity contribution in [3.8, 4) is 11.3 Å². The molecule has 0 amide bonds. The van der Waals surface area contributed by atoms with Crippen LogP contribution < -0.4 is 5.32 Å². The van der Waals surface area contributed by atoms with Crippen molar-refractivity contribution in [1.82, 2.24) is 4.98 Å². The fourth-order valence-electron chi connectivity index (χ4n) is 4.76. The molecule has 33 heavy (non-hydrogen) atoms. The molecule has 1 heterocycles. The second-order valence-corrected chi connectivity index (χ2v) is 9.29. The Morgan fingerprint density at radius 1 is 1.03 bits per heavy atom. The first-order valence-corrected chi connectivity index (χ1v) is 11.8. The summed E-state index contributed by atoms with van der Waals surface area (Å²) < 4.78 is 37.2. The summed E-state index contributed by atoms with van der Waals surface area (Å²) in [6, 6.07) is 16.9. The highest BCUT2D eigenvalue weighted by molar-refractivity contribution is 5.73. The first-order chi connectivity index (χ1) is 15.8. The summed E-state index contributed by atoms with van der Waals surface area (Å²) in [7, 11) is 0. The van der Waals surface area contributed by atoms with Crippen LogP contribution in [-0.2, 0) is 12.8 Å². The van der Waals surface area contributed by atoms with Gasteiger partial charge in [-0.15, -0.1) is 0 Å². The van der Waals surface area contributed by atoms with Crippen LogP contribution in [0.3, 0.4) is 0 Å². The van der Waals surface area contributed by atoms with Crippen molar-refractivity contribution in [3.05, 3.63) is 77.0 Å². The average molecular weight is 453 g/mol. The van der Waals surface area contributed by atoms with E-state index in [0.29, 0.717) is 12.3 Å². The minimum Gasteiger partial charge on any atom is -0.355 e. The zero-order valence-corrected chi connectivity index (χ0v) is 19.3. The Kier molecular flexibility index (Phi) is 7.06. The fraction of sp³-hybridized carbons (Fsp3) is 0.393. The predicted octanol–water partition coefficient (Wildman–Crippen LogP) is 8.34. The highest BCUT2D eigenvalue weighted by Gasteiger charge is 2.26. The van der Waals surface area contributed by atoms with Gasteiger partial charge in [0, 0.05) is 29.6 Å². The molecular formula is C28H31F3N2. The van der Waals surface area contributed by atoms with E-state index < -0.39 is 12.6 Å². The van der Waals surface area contributed by atoms with Gasteiger partial charge in [-0.2, -0.15) is 13.2 Å². The number of nitrogens with zero attached hydrogens (tertiary/aromatic N) is 1. The number of hydrogen-bond donors (Lipinski definition) is 1. The Balaban J connectivity index is 1.45. The van der Waals surface area contributed by atoms with Gasteiger partial charge in [0.25, 0.3) is 0 Å². The third-order valence-electron chi connectivity index (χ3n) is 6.61. The Morgan fingerprint density at radius 3 is 2.64 bits per heavy atom. The minimum atomic E-state index is -4.04. The molecule has 0 spiro atoms. The highest BCUT2D eigenvalue weighted by atomic mass is 19.4. The molecule has 0 radical (unpaired) electrons. The number of benzene rings is 2. The van der Waals surface area contributed by atoms with E-state index in [9.17, 15) is 13.2 Å². The molecule has 1 aliphatic rings. The van der Waals surface area contributed by atoms with Crippen LogP contribution in [0.4, 0.5) is 24.5 Å². The molecule has 0 fully saturated rings. The number of anilines is 2. The van der Waals surface area contributed by atoms with Crippen molar-refractivity contribution in [2.75, 3.05) is 5.32 Å². The SMILES string of the molecule is Cc1ccc(-c2cc(Nc3cccc4c3CCC(CCCCC(F)(F)F)C4)ccc2C)nc1. The topological polar surface area (TPSA) is 24.9 Å². The van der Waals surface area contributed by atoms with E-state index in [4.69, 9.17) is 0 Å². The predicted molar refractivity (Wildman–Crippen MR) is 129 cm³/mol. The standard InChI is InChI=1S/C28H31F3N2/c1-19-9-14-26(32-18-19)25-17-23(12-10-20(25)2)33-27-8-5-7-22-16-21(11-13-24(22)27)6-3-4-15-28(29,30)31/h5,7-10,12,14,17-18,21,33H,3-4,6,11,13,15-16H2,1-2H3. The molecule has 1 aliphatic carbocycles. The molecule has 4 rings (SSSR count). The number of nitrogens with one attached hydrogen (secondary N) is 1. The molecule has 0 aliphatic heterocycles. The van der Waals surface area contributed by atoms with Gasteiger partial charge in [0.05, 0.1) is 5.69 Å². The lowest BCUT2D eigenvalue weighted by Crippen LogP contribution is -2.16. The molecule has 1 N–H and O–H groups in total. The quantitative estimate of drug-likeness (QED) is 0.364.